The van der Waals surface area contributed by atoms with Gasteiger partial charge in [0.05, 0.1) is 28.5 Å². The lowest BCUT2D eigenvalue weighted by molar-refractivity contribution is -0.139. The van der Waals surface area contributed by atoms with Crippen LogP contribution in [0.5, 0.6) is 11.5 Å². The molecule has 0 saturated carbocycles. The van der Waals surface area contributed by atoms with E-state index in [0.717, 1.165) is 0 Å². The minimum atomic E-state index is -0.778. The molecule has 0 unspecified atom stereocenters. The highest BCUT2D eigenvalue weighted by atomic mass is 32.1. The van der Waals surface area contributed by atoms with E-state index < -0.39 is 18.0 Å². The Kier molecular flexibility index (Phi) is 7.73. The van der Waals surface area contributed by atoms with Crippen molar-refractivity contribution in [2.24, 2.45) is 4.99 Å². The Hall–Kier alpha value is -3.98. The van der Waals surface area contributed by atoms with Gasteiger partial charge < -0.3 is 14.2 Å². The Balaban J connectivity index is 1.94. The summed E-state index contributed by atoms with van der Waals surface area (Å²) in [5, 5.41) is 0. The van der Waals surface area contributed by atoms with E-state index in [1.165, 1.54) is 22.8 Å². The SMILES string of the molecule is CCOC(=O)C1=C(C)N=c2s/c(=C\c3cccc(OC(C)=O)c3)c(=O)n2[C@H]1c1ccccc1OC(C)C. The van der Waals surface area contributed by atoms with Gasteiger partial charge in [-0.3, -0.25) is 14.2 Å². The van der Waals surface area contributed by atoms with Gasteiger partial charge in [0.1, 0.15) is 17.5 Å². The van der Waals surface area contributed by atoms with Crippen molar-refractivity contribution in [3.8, 4) is 11.5 Å². The molecule has 0 aliphatic carbocycles. The summed E-state index contributed by atoms with van der Waals surface area (Å²) in [5.41, 5.74) is 1.81. The summed E-state index contributed by atoms with van der Waals surface area (Å²) in [6.45, 7) is 8.83. The molecular formula is C28H28N2O6S. The quantitative estimate of drug-likeness (QED) is 0.350. The average molecular weight is 521 g/mol. The maximum Gasteiger partial charge on any atom is 0.338 e. The first-order chi connectivity index (χ1) is 17.7. The molecule has 37 heavy (non-hydrogen) atoms. The zero-order valence-electron chi connectivity index (χ0n) is 21.3. The van der Waals surface area contributed by atoms with Gasteiger partial charge in [0.25, 0.3) is 5.56 Å². The molecule has 0 N–H and O–H groups in total. The van der Waals surface area contributed by atoms with E-state index in [4.69, 9.17) is 14.2 Å². The van der Waals surface area contributed by atoms with Crippen LogP contribution in [0.25, 0.3) is 6.08 Å². The molecule has 9 heteroatoms. The van der Waals surface area contributed by atoms with Crippen LogP contribution in [0.1, 0.15) is 51.8 Å². The summed E-state index contributed by atoms with van der Waals surface area (Å²) in [4.78, 5) is 43.4. The molecular weight excluding hydrogens is 492 g/mol. The number of fused-ring (bicyclic) bond motifs is 1. The van der Waals surface area contributed by atoms with E-state index in [-0.39, 0.29) is 23.8 Å². The number of hydrogen-bond donors (Lipinski definition) is 0. The van der Waals surface area contributed by atoms with Gasteiger partial charge >= 0.3 is 11.9 Å². The highest BCUT2D eigenvalue weighted by Crippen LogP contribution is 2.36. The van der Waals surface area contributed by atoms with Crippen LogP contribution in [0.15, 0.2) is 69.6 Å². The van der Waals surface area contributed by atoms with E-state index in [1.54, 1.807) is 38.1 Å². The van der Waals surface area contributed by atoms with E-state index >= 15 is 0 Å². The van der Waals surface area contributed by atoms with Crippen molar-refractivity contribution in [1.82, 2.24) is 4.57 Å². The van der Waals surface area contributed by atoms with Crippen LogP contribution in [0, 0.1) is 0 Å². The number of benzene rings is 2. The zero-order valence-corrected chi connectivity index (χ0v) is 22.1. The van der Waals surface area contributed by atoms with E-state index in [9.17, 15) is 14.4 Å². The first-order valence-corrected chi connectivity index (χ1v) is 12.7. The summed E-state index contributed by atoms with van der Waals surface area (Å²) in [6, 6.07) is 13.5. The third-order valence-electron chi connectivity index (χ3n) is 5.51. The van der Waals surface area contributed by atoms with E-state index in [2.05, 4.69) is 4.99 Å². The second-order valence-electron chi connectivity index (χ2n) is 8.67. The Morgan fingerprint density at radius 2 is 1.92 bits per heavy atom. The lowest BCUT2D eigenvalue weighted by atomic mass is 9.95. The average Bonchev–Trinajstić information content (AvgIpc) is 3.12. The van der Waals surface area contributed by atoms with Crippen LogP contribution >= 0.6 is 11.3 Å². The molecule has 1 aromatic heterocycles. The van der Waals surface area contributed by atoms with Crippen LogP contribution in [0.4, 0.5) is 0 Å². The van der Waals surface area contributed by atoms with Crippen molar-refractivity contribution in [2.75, 3.05) is 6.61 Å². The topological polar surface area (TPSA) is 96.2 Å². The fourth-order valence-electron chi connectivity index (χ4n) is 4.14. The third kappa shape index (κ3) is 5.56. The Morgan fingerprint density at radius 1 is 1.16 bits per heavy atom. The number of para-hydroxylation sites is 1. The zero-order chi connectivity index (χ0) is 26.7. The van der Waals surface area contributed by atoms with Gasteiger partial charge in [-0.05, 0) is 57.5 Å². The molecule has 0 saturated heterocycles. The van der Waals surface area contributed by atoms with Crippen molar-refractivity contribution >= 4 is 29.4 Å². The minimum absolute atomic E-state index is 0.113. The van der Waals surface area contributed by atoms with Crippen LogP contribution in [0.3, 0.4) is 0 Å². The summed E-state index contributed by atoms with van der Waals surface area (Å²) < 4.78 is 18.5. The molecule has 1 aliphatic heterocycles. The van der Waals surface area contributed by atoms with E-state index in [1.807, 2.05) is 44.2 Å². The number of carbonyl (C=O) groups is 2. The monoisotopic (exact) mass is 520 g/mol. The van der Waals surface area contributed by atoms with E-state index in [0.29, 0.717) is 37.7 Å². The number of aromatic nitrogens is 1. The molecule has 4 rings (SSSR count). The second kappa shape index (κ2) is 11.0. The highest BCUT2D eigenvalue weighted by molar-refractivity contribution is 7.07. The minimum Gasteiger partial charge on any atom is -0.491 e. The number of hydrogen-bond acceptors (Lipinski definition) is 8. The number of thiazole rings is 1. The normalized spacial score (nSPS) is 15.3. The summed E-state index contributed by atoms with van der Waals surface area (Å²) in [7, 11) is 0. The van der Waals surface area contributed by atoms with Crippen LogP contribution in [-0.2, 0) is 14.3 Å². The lowest BCUT2D eigenvalue weighted by Gasteiger charge is -2.26. The molecule has 192 valence electrons. The molecule has 0 fully saturated rings. The van der Waals surface area contributed by atoms with Crippen molar-refractivity contribution in [2.45, 2.75) is 46.8 Å². The van der Waals surface area contributed by atoms with Crippen LogP contribution in [0.2, 0.25) is 0 Å². The summed E-state index contributed by atoms with van der Waals surface area (Å²) in [5.74, 6) is -0.00740. The molecule has 8 nitrogen and oxygen atoms in total. The molecule has 0 spiro atoms. The fraction of sp³-hybridized carbons (Fsp3) is 0.286. The van der Waals surface area contributed by atoms with Gasteiger partial charge in [0, 0.05) is 12.5 Å². The van der Waals surface area contributed by atoms with Gasteiger partial charge in [-0.2, -0.15) is 0 Å². The summed E-state index contributed by atoms with van der Waals surface area (Å²) >= 11 is 1.22. The first-order valence-electron chi connectivity index (χ1n) is 11.9. The predicted octanol–water partition coefficient (Wildman–Crippen LogP) is 3.51. The maximum atomic E-state index is 13.8. The summed E-state index contributed by atoms with van der Waals surface area (Å²) in [6.07, 6.45) is 1.60. The van der Waals surface area contributed by atoms with Crippen molar-refractivity contribution in [1.29, 1.82) is 0 Å². The predicted molar refractivity (Wildman–Crippen MR) is 140 cm³/mol. The van der Waals surface area contributed by atoms with Crippen molar-refractivity contribution in [3.63, 3.8) is 0 Å². The fourth-order valence-corrected chi connectivity index (χ4v) is 5.19. The molecule has 2 heterocycles. The van der Waals surface area contributed by atoms with Crippen LogP contribution < -0.4 is 24.4 Å². The molecule has 1 aliphatic rings. The number of carbonyl (C=O) groups excluding carboxylic acids is 2. The third-order valence-corrected chi connectivity index (χ3v) is 6.49. The second-order valence-corrected chi connectivity index (χ2v) is 9.68. The van der Waals surface area contributed by atoms with Gasteiger partial charge in [0.15, 0.2) is 4.80 Å². The number of rotatable bonds is 7. The van der Waals surface area contributed by atoms with Crippen molar-refractivity contribution < 1.29 is 23.8 Å². The molecule has 0 radical (unpaired) electrons. The number of nitrogens with zero attached hydrogens (tertiary/aromatic N) is 2. The van der Waals surface area contributed by atoms with Crippen molar-refractivity contribution in [3.05, 3.63) is 90.6 Å². The molecule has 0 bridgehead atoms. The lowest BCUT2D eigenvalue weighted by Crippen LogP contribution is -2.40. The first kappa shape index (κ1) is 26.1. The van der Waals surface area contributed by atoms with Gasteiger partial charge in [-0.25, -0.2) is 9.79 Å². The Labute approximate surface area is 218 Å². The number of allylic oxidation sites excluding steroid dienone is 1. The van der Waals surface area contributed by atoms with Gasteiger partial charge in [0.2, 0.25) is 0 Å². The Bertz CT molecular complexity index is 1560. The van der Waals surface area contributed by atoms with Gasteiger partial charge in [-0.1, -0.05) is 41.7 Å². The van der Waals surface area contributed by atoms with Crippen LogP contribution in [-0.4, -0.2) is 29.2 Å². The Morgan fingerprint density at radius 3 is 2.62 bits per heavy atom. The molecule has 3 aromatic rings. The molecule has 0 amide bonds. The number of ether oxygens (including phenoxy) is 3. The van der Waals surface area contributed by atoms with Gasteiger partial charge in [-0.15, -0.1) is 0 Å². The molecule has 1 atom stereocenters. The largest absolute Gasteiger partial charge is 0.491 e. The maximum absolute atomic E-state index is 13.8. The number of esters is 2. The smallest absolute Gasteiger partial charge is 0.338 e. The standard InChI is InChI=1S/C28H28N2O6S/c1-6-34-27(33)24-17(4)29-28-30(25(24)21-12-7-8-13-22(21)35-16(2)3)26(32)23(37-28)15-19-10-9-11-20(14-19)36-18(5)31/h7-16,25H,6H2,1-5H3/b23-15-/t25-/m0/s1. The molecule has 2 aromatic carbocycles. The highest BCUT2D eigenvalue weighted by Gasteiger charge is 2.35.